The summed E-state index contributed by atoms with van der Waals surface area (Å²) in [5.41, 5.74) is 0.738. The Morgan fingerprint density at radius 2 is 1.74 bits per heavy atom. The number of nitrogens with one attached hydrogen (secondary N) is 1. The minimum Gasteiger partial charge on any atom is -0.479 e. The molecule has 3 nitrogen and oxygen atoms in total. The Labute approximate surface area is 117 Å². The van der Waals surface area contributed by atoms with Crippen LogP contribution in [0.1, 0.15) is 6.92 Å². The van der Waals surface area contributed by atoms with Crippen molar-refractivity contribution in [3.8, 4) is 5.75 Å². The molecule has 2 rings (SSSR count). The number of halogens is 1. The van der Waals surface area contributed by atoms with Gasteiger partial charge in [0.25, 0.3) is 5.91 Å². The molecule has 19 heavy (non-hydrogen) atoms. The smallest absolute Gasteiger partial charge is 0.265 e. The summed E-state index contributed by atoms with van der Waals surface area (Å²) in [4.78, 5) is 11.9. The fourth-order valence-corrected chi connectivity index (χ4v) is 1.73. The summed E-state index contributed by atoms with van der Waals surface area (Å²) in [7, 11) is 0. The van der Waals surface area contributed by atoms with Crippen molar-refractivity contribution in [1.82, 2.24) is 0 Å². The van der Waals surface area contributed by atoms with Gasteiger partial charge in [-0.05, 0) is 31.2 Å². The molecule has 0 aliphatic carbocycles. The van der Waals surface area contributed by atoms with Crippen molar-refractivity contribution in [2.75, 3.05) is 5.32 Å². The van der Waals surface area contributed by atoms with E-state index < -0.39 is 6.10 Å². The number of hydrogen-bond donors (Lipinski definition) is 1. The van der Waals surface area contributed by atoms with Crippen LogP contribution in [0.15, 0.2) is 54.6 Å². The van der Waals surface area contributed by atoms with Crippen LogP contribution in [0, 0.1) is 0 Å². The average Bonchev–Trinajstić information content (AvgIpc) is 2.42. The molecule has 0 radical (unpaired) electrons. The Balaban J connectivity index is 1.98. The molecule has 0 saturated heterocycles. The SMILES string of the molecule is C[C@H](Oc1ccccc1Cl)C(=O)Nc1ccccc1. The highest BCUT2D eigenvalue weighted by molar-refractivity contribution is 6.32. The van der Waals surface area contributed by atoms with E-state index in [9.17, 15) is 4.79 Å². The second kappa shape index (κ2) is 6.25. The van der Waals surface area contributed by atoms with E-state index in [4.69, 9.17) is 16.3 Å². The zero-order valence-corrected chi connectivity index (χ0v) is 11.2. The van der Waals surface area contributed by atoms with Crippen molar-refractivity contribution < 1.29 is 9.53 Å². The monoisotopic (exact) mass is 275 g/mol. The van der Waals surface area contributed by atoms with Gasteiger partial charge in [0.2, 0.25) is 0 Å². The zero-order chi connectivity index (χ0) is 13.7. The first-order chi connectivity index (χ1) is 9.16. The normalized spacial score (nSPS) is 11.7. The van der Waals surface area contributed by atoms with Gasteiger partial charge in [0.05, 0.1) is 5.02 Å². The van der Waals surface area contributed by atoms with Gasteiger partial charge in [0, 0.05) is 5.69 Å². The lowest BCUT2D eigenvalue weighted by Gasteiger charge is -2.15. The summed E-state index contributed by atoms with van der Waals surface area (Å²) in [6, 6.07) is 16.3. The minimum absolute atomic E-state index is 0.217. The predicted octanol–water partition coefficient (Wildman–Crippen LogP) is 3.75. The van der Waals surface area contributed by atoms with Crippen molar-refractivity contribution in [2.24, 2.45) is 0 Å². The topological polar surface area (TPSA) is 38.3 Å². The van der Waals surface area contributed by atoms with E-state index in [1.165, 1.54) is 0 Å². The van der Waals surface area contributed by atoms with E-state index in [0.717, 1.165) is 5.69 Å². The molecule has 1 amide bonds. The van der Waals surface area contributed by atoms with Crippen molar-refractivity contribution in [3.05, 3.63) is 59.6 Å². The van der Waals surface area contributed by atoms with Crippen molar-refractivity contribution in [1.29, 1.82) is 0 Å². The van der Waals surface area contributed by atoms with Crippen molar-refractivity contribution in [3.63, 3.8) is 0 Å². The van der Waals surface area contributed by atoms with Gasteiger partial charge < -0.3 is 10.1 Å². The molecule has 0 saturated carbocycles. The van der Waals surface area contributed by atoms with Gasteiger partial charge in [-0.1, -0.05) is 41.9 Å². The lowest BCUT2D eigenvalue weighted by molar-refractivity contribution is -0.122. The van der Waals surface area contributed by atoms with Gasteiger partial charge in [-0.15, -0.1) is 0 Å². The van der Waals surface area contributed by atoms with E-state index in [2.05, 4.69) is 5.32 Å². The standard InChI is InChI=1S/C15H14ClNO2/c1-11(19-14-10-6-5-9-13(14)16)15(18)17-12-7-3-2-4-8-12/h2-11H,1H3,(H,17,18)/t11-/m0/s1. The van der Waals surface area contributed by atoms with Crippen LogP contribution in [0.5, 0.6) is 5.75 Å². The minimum atomic E-state index is -0.625. The van der Waals surface area contributed by atoms with Crippen LogP contribution in [0.2, 0.25) is 5.02 Å². The molecule has 0 fully saturated rings. The Morgan fingerprint density at radius 3 is 2.42 bits per heavy atom. The van der Waals surface area contributed by atoms with E-state index in [1.54, 1.807) is 19.1 Å². The molecule has 0 aromatic heterocycles. The first-order valence-corrected chi connectivity index (χ1v) is 6.31. The number of carbonyl (C=O) groups is 1. The molecule has 2 aromatic carbocycles. The fraction of sp³-hybridized carbons (Fsp3) is 0.133. The molecule has 0 bridgehead atoms. The Hall–Kier alpha value is -2.00. The number of para-hydroxylation sites is 2. The molecule has 4 heteroatoms. The van der Waals surface area contributed by atoms with Crippen LogP contribution in [0.4, 0.5) is 5.69 Å². The highest BCUT2D eigenvalue weighted by Crippen LogP contribution is 2.24. The van der Waals surface area contributed by atoms with Crippen LogP contribution < -0.4 is 10.1 Å². The van der Waals surface area contributed by atoms with Crippen LogP contribution in [0.3, 0.4) is 0 Å². The summed E-state index contributed by atoms with van der Waals surface area (Å²) in [6.07, 6.45) is -0.625. The Morgan fingerprint density at radius 1 is 1.11 bits per heavy atom. The quantitative estimate of drug-likeness (QED) is 0.923. The molecule has 0 aliphatic heterocycles. The molecule has 0 heterocycles. The van der Waals surface area contributed by atoms with Crippen LogP contribution >= 0.6 is 11.6 Å². The average molecular weight is 276 g/mol. The highest BCUT2D eigenvalue weighted by Gasteiger charge is 2.15. The second-order valence-corrected chi connectivity index (χ2v) is 4.45. The third kappa shape index (κ3) is 3.73. The summed E-state index contributed by atoms with van der Waals surface area (Å²) >= 11 is 5.98. The molecule has 1 atom stereocenters. The van der Waals surface area contributed by atoms with Gasteiger partial charge in [-0.2, -0.15) is 0 Å². The molecule has 1 N–H and O–H groups in total. The lowest BCUT2D eigenvalue weighted by Crippen LogP contribution is -2.30. The number of benzene rings is 2. The van der Waals surface area contributed by atoms with Crippen LogP contribution in [-0.2, 0) is 4.79 Å². The van der Waals surface area contributed by atoms with E-state index in [-0.39, 0.29) is 5.91 Å². The van der Waals surface area contributed by atoms with Gasteiger partial charge in [-0.3, -0.25) is 4.79 Å². The third-order valence-corrected chi connectivity index (χ3v) is 2.86. The predicted molar refractivity (Wildman–Crippen MR) is 76.6 cm³/mol. The molecule has 0 aliphatic rings. The maximum atomic E-state index is 11.9. The summed E-state index contributed by atoms with van der Waals surface area (Å²) in [5, 5.41) is 3.26. The van der Waals surface area contributed by atoms with E-state index in [1.807, 2.05) is 42.5 Å². The van der Waals surface area contributed by atoms with Gasteiger partial charge in [0.1, 0.15) is 5.75 Å². The maximum absolute atomic E-state index is 11.9. The molecule has 98 valence electrons. The number of carbonyl (C=O) groups excluding carboxylic acids is 1. The second-order valence-electron chi connectivity index (χ2n) is 4.05. The van der Waals surface area contributed by atoms with E-state index >= 15 is 0 Å². The first-order valence-electron chi connectivity index (χ1n) is 5.94. The lowest BCUT2D eigenvalue weighted by atomic mass is 10.3. The summed E-state index contributed by atoms with van der Waals surface area (Å²) in [6.45, 7) is 1.68. The number of amides is 1. The highest BCUT2D eigenvalue weighted by atomic mass is 35.5. The fourth-order valence-electron chi connectivity index (χ4n) is 1.55. The van der Waals surface area contributed by atoms with E-state index in [0.29, 0.717) is 10.8 Å². The first kappa shape index (κ1) is 13.4. The molecular weight excluding hydrogens is 262 g/mol. The summed E-state index contributed by atoms with van der Waals surface area (Å²) < 4.78 is 5.54. The third-order valence-electron chi connectivity index (χ3n) is 2.55. The molecular formula is C15H14ClNO2. The zero-order valence-electron chi connectivity index (χ0n) is 10.5. The van der Waals surface area contributed by atoms with Gasteiger partial charge in [-0.25, -0.2) is 0 Å². The summed E-state index contributed by atoms with van der Waals surface area (Å²) in [5.74, 6) is 0.283. The molecule has 0 spiro atoms. The van der Waals surface area contributed by atoms with Gasteiger partial charge >= 0.3 is 0 Å². The largest absolute Gasteiger partial charge is 0.479 e. The van der Waals surface area contributed by atoms with Gasteiger partial charge in [0.15, 0.2) is 6.10 Å². The number of hydrogen-bond acceptors (Lipinski definition) is 2. The molecule has 0 unspecified atom stereocenters. The molecule has 2 aromatic rings. The van der Waals surface area contributed by atoms with Crippen LogP contribution in [0.25, 0.3) is 0 Å². The van der Waals surface area contributed by atoms with Crippen molar-refractivity contribution in [2.45, 2.75) is 13.0 Å². The number of rotatable bonds is 4. The van der Waals surface area contributed by atoms with Crippen molar-refractivity contribution >= 4 is 23.2 Å². The van der Waals surface area contributed by atoms with Crippen LogP contribution in [-0.4, -0.2) is 12.0 Å². The number of anilines is 1. The number of ether oxygens (including phenoxy) is 1. The maximum Gasteiger partial charge on any atom is 0.265 e. The Bertz CT molecular complexity index is 557. The Kier molecular flexibility index (Phi) is 4.42.